The summed E-state index contributed by atoms with van der Waals surface area (Å²) >= 11 is 12.8. The molecule has 0 saturated heterocycles. The quantitative estimate of drug-likeness (QED) is 0.791. The average molecular weight is 384 g/mol. The number of hydrogen-bond acceptors (Lipinski definition) is 2. The molecular formula is C11H13Br2ClN2O. The van der Waals surface area contributed by atoms with Crippen molar-refractivity contribution in [2.24, 2.45) is 0 Å². The molecule has 0 aliphatic heterocycles. The topological polar surface area (TPSA) is 42.0 Å². The lowest BCUT2D eigenvalue weighted by molar-refractivity contribution is 0.0915. The van der Waals surface area contributed by atoms with E-state index in [0.29, 0.717) is 21.2 Å². The first-order valence-corrected chi connectivity index (χ1v) is 7.74. The fraction of sp³-hybridized carbons (Fsp3) is 0.455. The summed E-state index contributed by atoms with van der Waals surface area (Å²) in [6.07, 6.45) is 3.83. The maximum Gasteiger partial charge on any atom is 0.253 e. The molecule has 0 atom stereocenters. The van der Waals surface area contributed by atoms with E-state index >= 15 is 0 Å². The maximum atomic E-state index is 12.1. The third kappa shape index (κ3) is 3.66. The third-order valence-corrected chi connectivity index (χ3v) is 5.03. The largest absolute Gasteiger partial charge is 0.345 e. The first-order chi connectivity index (χ1) is 8.08. The molecule has 0 radical (unpaired) electrons. The molecule has 6 heteroatoms. The van der Waals surface area contributed by atoms with Crippen molar-refractivity contribution in [3.8, 4) is 0 Å². The number of carbonyl (C=O) groups is 1. The Hall–Kier alpha value is -0.130. The molecule has 17 heavy (non-hydrogen) atoms. The molecule has 0 unspecified atom stereocenters. The fourth-order valence-electron chi connectivity index (χ4n) is 1.25. The Labute approximate surface area is 123 Å². The van der Waals surface area contributed by atoms with Gasteiger partial charge in [0.25, 0.3) is 5.91 Å². The van der Waals surface area contributed by atoms with Crippen LogP contribution < -0.4 is 5.32 Å². The summed E-state index contributed by atoms with van der Waals surface area (Å²) in [5, 5.41) is 4.71. The van der Waals surface area contributed by atoms with Gasteiger partial charge in [0.05, 0.1) is 16.1 Å². The van der Waals surface area contributed by atoms with Gasteiger partial charge in [0.1, 0.15) is 0 Å². The van der Waals surface area contributed by atoms with E-state index in [4.69, 9.17) is 11.6 Å². The molecule has 1 heterocycles. The van der Waals surface area contributed by atoms with Gasteiger partial charge in [-0.3, -0.25) is 9.78 Å². The van der Waals surface area contributed by atoms with Crippen LogP contribution in [0.15, 0.2) is 18.5 Å². The molecule has 94 valence electrons. The van der Waals surface area contributed by atoms with Crippen molar-refractivity contribution < 1.29 is 4.79 Å². The van der Waals surface area contributed by atoms with Crippen molar-refractivity contribution in [1.82, 2.24) is 10.3 Å². The molecule has 0 spiro atoms. The Balaban J connectivity index is 2.89. The Bertz CT molecular complexity index is 389. The maximum absolute atomic E-state index is 12.1. The van der Waals surface area contributed by atoms with E-state index in [2.05, 4.69) is 42.2 Å². The number of carbonyl (C=O) groups excluding carboxylic acids is 1. The first kappa shape index (κ1) is 14.9. The number of nitrogens with zero attached hydrogens (tertiary/aromatic N) is 1. The molecule has 1 amide bonds. The predicted molar refractivity (Wildman–Crippen MR) is 77.3 cm³/mol. The molecule has 1 aromatic heterocycles. The molecule has 0 fully saturated rings. The summed E-state index contributed by atoms with van der Waals surface area (Å²) in [5.41, 5.74) is 0.144. The van der Waals surface area contributed by atoms with Crippen molar-refractivity contribution in [2.45, 2.75) is 18.9 Å². The van der Waals surface area contributed by atoms with E-state index in [1.165, 1.54) is 6.20 Å². The third-order valence-electron chi connectivity index (χ3n) is 2.58. The summed E-state index contributed by atoms with van der Waals surface area (Å²) in [7, 11) is 0. The van der Waals surface area contributed by atoms with Gasteiger partial charge in [0.15, 0.2) is 0 Å². The van der Waals surface area contributed by atoms with E-state index < -0.39 is 0 Å². The summed E-state index contributed by atoms with van der Waals surface area (Å²) in [6, 6.07) is 1.61. The lowest BCUT2D eigenvalue weighted by Gasteiger charge is -2.30. The molecule has 1 rings (SSSR count). The minimum absolute atomic E-state index is 0.182. The van der Waals surface area contributed by atoms with Gasteiger partial charge in [-0.05, 0) is 12.5 Å². The molecule has 0 saturated carbocycles. The zero-order valence-corrected chi connectivity index (χ0v) is 13.3. The number of hydrogen-bond donors (Lipinski definition) is 1. The SMILES string of the molecule is CCC(CBr)(CBr)NC(=O)c1ccncc1Cl. The Morgan fingerprint density at radius 1 is 1.53 bits per heavy atom. The molecule has 1 N–H and O–H groups in total. The van der Waals surface area contributed by atoms with Gasteiger partial charge in [-0.15, -0.1) is 0 Å². The zero-order valence-electron chi connectivity index (χ0n) is 9.34. The monoisotopic (exact) mass is 382 g/mol. The highest BCUT2D eigenvalue weighted by Crippen LogP contribution is 2.19. The van der Waals surface area contributed by atoms with Crippen LogP contribution in [0.5, 0.6) is 0 Å². The smallest absolute Gasteiger partial charge is 0.253 e. The molecule has 0 aromatic carbocycles. The van der Waals surface area contributed by atoms with Gasteiger partial charge in [-0.2, -0.15) is 0 Å². The average Bonchev–Trinajstić information content (AvgIpc) is 2.36. The second-order valence-corrected chi connectivity index (χ2v) is 5.24. The molecule has 0 aliphatic rings. The van der Waals surface area contributed by atoms with Crippen LogP contribution in [0.25, 0.3) is 0 Å². The van der Waals surface area contributed by atoms with Gasteiger partial charge in [-0.1, -0.05) is 50.4 Å². The molecule has 0 bridgehead atoms. The number of aromatic nitrogens is 1. The number of nitrogens with one attached hydrogen (secondary N) is 1. The second-order valence-electron chi connectivity index (χ2n) is 3.71. The van der Waals surface area contributed by atoms with Crippen LogP contribution >= 0.6 is 43.5 Å². The summed E-state index contributed by atoms with van der Waals surface area (Å²) in [5.74, 6) is -0.182. The highest BCUT2D eigenvalue weighted by molar-refractivity contribution is 9.09. The number of halogens is 3. The van der Waals surface area contributed by atoms with Crippen molar-refractivity contribution in [2.75, 3.05) is 10.7 Å². The predicted octanol–water partition coefficient (Wildman–Crippen LogP) is 3.40. The summed E-state index contributed by atoms with van der Waals surface area (Å²) in [4.78, 5) is 15.9. The van der Waals surface area contributed by atoms with E-state index in [1.807, 2.05) is 6.92 Å². The Morgan fingerprint density at radius 2 is 2.18 bits per heavy atom. The Kier molecular flexibility index (Phi) is 5.89. The van der Waals surface area contributed by atoms with E-state index in [-0.39, 0.29) is 11.4 Å². The molecule has 1 aromatic rings. The zero-order chi connectivity index (χ0) is 12.9. The number of rotatable bonds is 5. The standard InChI is InChI=1S/C11H13Br2ClN2O/c1-2-11(6-12,7-13)16-10(17)8-3-4-15-5-9(8)14/h3-5H,2,6-7H2,1H3,(H,16,17). The number of amides is 1. The van der Waals surface area contributed by atoms with Crippen LogP contribution in [-0.4, -0.2) is 27.1 Å². The van der Waals surface area contributed by atoms with Crippen LogP contribution in [-0.2, 0) is 0 Å². The van der Waals surface area contributed by atoms with Crippen LogP contribution in [0.3, 0.4) is 0 Å². The van der Waals surface area contributed by atoms with Crippen molar-refractivity contribution in [3.63, 3.8) is 0 Å². The fourth-order valence-corrected chi connectivity index (χ4v) is 3.45. The van der Waals surface area contributed by atoms with E-state index in [9.17, 15) is 4.79 Å². The van der Waals surface area contributed by atoms with Crippen LogP contribution in [0.1, 0.15) is 23.7 Å². The minimum Gasteiger partial charge on any atom is -0.345 e. The van der Waals surface area contributed by atoms with Crippen molar-refractivity contribution in [3.05, 3.63) is 29.0 Å². The van der Waals surface area contributed by atoms with Crippen molar-refractivity contribution >= 4 is 49.4 Å². The lowest BCUT2D eigenvalue weighted by Crippen LogP contribution is -2.51. The highest BCUT2D eigenvalue weighted by Gasteiger charge is 2.28. The summed E-state index contributed by atoms with van der Waals surface area (Å²) in [6.45, 7) is 2.02. The number of pyridine rings is 1. The normalized spacial score (nSPS) is 11.3. The Morgan fingerprint density at radius 3 is 2.65 bits per heavy atom. The molecule has 3 nitrogen and oxygen atoms in total. The van der Waals surface area contributed by atoms with Gasteiger partial charge in [0.2, 0.25) is 0 Å². The molecule has 0 aliphatic carbocycles. The highest BCUT2D eigenvalue weighted by atomic mass is 79.9. The second kappa shape index (κ2) is 6.71. The van der Waals surface area contributed by atoms with Gasteiger partial charge in [0, 0.05) is 23.1 Å². The van der Waals surface area contributed by atoms with Crippen LogP contribution in [0.2, 0.25) is 5.02 Å². The van der Waals surface area contributed by atoms with Gasteiger partial charge >= 0.3 is 0 Å². The van der Waals surface area contributed by atoms with E-state index in [1.54, 1.807) is 12.3 Å². The van der Waals surface area contributed by atoms with E-state index in [0.717, 1.165) is 6.42 Å². The first-order valence-electron chi connectivity index (χ1n) is 5.12. The van der Waals surface area contributed by atoms with Gasteiger partial charge < -0.3 is 5.32 Å². The molecular weight excluding hydrogens is 371 g/mol. The minimum atomic E-state index is -0.302. The number of alkyl halides is 2. The lowest BCUT2D eigenvalue weighted by atomic mass is 10.0. The van der Waals surface area contributed by atoms with Crippen molar-refractivity contribution in [1.29, 1.82) is 0 Å². The van der Waals surface area contributed by atoms with Crippen LogP contribution in [0.4, 0.5) is 0 Å². The van der Waals surface area contributed by atoms with Crippen LogP contribution in [0, 0.1) is 0 Å². The van der Waals surface area contributed by atoms with Gasteiger partial charge in [-0.25, -0.2) is 0 Å². The summed E-state index contributed by atoms with van der Waals surface area (Å²) < 4.78 is 0.